The highest BCUT2D eigenvalue weighted by Crippen LogP contribution is 2.33. The first-order valence-corrected chi connectivity index (χ1v) is 20.8. The third kappa shape index (κ3) is 13.5. The number of Topliss-reactive ketones (excluding diaryl/α,β-unsaturated/α-hetero) is 2. The topological polar surface area (TPSA) is 200 Å². The highest BCUT2D eigenvalue weighted by atomic mass is 35.5. The van der Waals surface area contributed by atoms with Gasteiger partial charge in [-0.25, -0.2) is 0 Å². The molecule has 63 heavy (non-hydrogen) atoms. The van der Waals surface area contributed by atoms with Crippen LogP contribution in [0.3, 0.4) is 0 Å². The summed E-state index contributed by atoms with van der Waals surface area (Å²) in [5, 5.41) is 27.1. The lowest BCUT2D eigenvalue weighted by atomic mass is 10.1. The maximum atomic E-state index is 13.5. The minimum atomic E-state index is -1.66. The SMILES string of the molecule is CC(=O)C(N=Nc1cc(C(=O)Nc2cc(Cl)cc(Cl)c2)ccc1Cl)C(=O)Nc1ccc(NC(=O)C(N=Nc2cc(C(=O)Nc3cc(Cl)cc(Cl)c3)ccc2Cl)C(C)=O)c(C(C)Cl)c1. The van der Waals surface area contributed by atoms with Crippen LogP contribution in [0.4, 0.5) is 34.1 Å². The lowest BCUT2D eigenvalue weighted by Crippen LogP contribution is -2.32. The Bertz CT molecular complexity index is 2670. The predicted octanol–water partition coefficient (Wildman–Crippen LogP) is 12.8. The molecule has 0 saturated carbocycles. The highest BCUT2D eigenvalue weighted by molar-refractivity contribution is 6.36. The van der Waals surface area contributed by atoms with Gasteiger partial charge in [0.25, 0.3) is 23.6 Å². The molecule has 4 N–H and O–H groups in total. The number of nitrogens with one attached hydrogen (secondary N) is 4. The summed E-state index contributed by atoms with van der Waals surface area (Å²) in [5.41, 5.74) is 1.55. The Morgan fingerprint density at radius 1 is 0.492 bits per heavy atom. The fourth-order valence-corrected chi connectivity index (χ4v) is 7.03. The van der Waals surface area contributed by atoms with E-state index in [4.69, 9.17) is 81.2 Å². The van der Waals surface area contributed by atoms with Gasteiger partial charge >= 0.3 is 0 Å². The smallest absolute Gasteiger partial charge is 0.258 e. The van der Waals surface area contributed by atoms with E-state index in [9.17, 15) is 28.8 Å². The second-order valence-electron chi connectivity index (χ2n) is 13.4. The summed E-state index contributed by atoms with van der Waals surface area (Å²) in [5.74, 6) is -4.20. The Labute approximate surface area is 394 Å². The van der Waals surface area contributed by atoms with Crippen molar-refractivity contribution in [1.29, 1.82) is 0 Å². The summed E-state index contributed by atoms with van der Waals surface area (Å²) in [6, 6.07) is 18.3. The van der Waals surface area contributed by atoms with Gasteiger partial charge in [0, 0.05) is 54.0 Å². The van der Waals surface area contributed by atoms with Crippen LogP contribution in [0.15, 0.2) is 111 Å². The Kier molecular flexibility index (Phi) is 16.8. The third-order valence-electron chi connectivity index (χ3n) is 8.49. The van der Waals surface area contributed by atoms with E-state index in [0.717, 1.165) is 13.8 Å². The molecule has 3 atom stereocenters. The fraction of sp³-hybridized carbons (Fsp3) is 0.143. The Balaban J connectivity index is 1.28. The average Bonchev–Trinajstić information content (AvgIpc) is 3.18. The summed E-state index contributed by atoms with van der Waals surface area (Å²) in [4.78, 5) is 78.0. The zero-order valence-corrected chi connectivity index (χ0v) is 38.1. The van der Waals surface area contributed by atoms with Crippen LogP contribution in [0.5, 0.6) is 0 Å². The average molecular weight is 992 g/mol. The van der Waals surface area contributed by atoms with Gasteiger partial charge < -0.3 is 21.3 Å². The monoisotopic (exact) mass is 988 g/mol. The van der Waals surface area contributed by atoms with E-state index < -0.39 is 52.7 Å². The molecular weight excluding hydrogens is 961 g/mol. The number of alkyl halides is 1. The quantitative estimate of drug-likeness (QED) is 0.0457. The molecule has 0 aliphatic heterocycles. The molecule has 0 radical (unpaired) electrons. The predicted molar refractivity (Wildman–Crippen MR) is 248 cm³/mol. The van der Waals surface area contributed by atoms with Gasteiger partial charge in [-0.15, -0.1) is 11.6 Å². The van der Waals surface area contributed by atoms with Crippen LogP contribution < -0.4 is 21.3 Å². The van der Waals surface area contributed by atoms with Crippen molar-refractivity contribution in [3.8, 4) is 0 Å². The number of halogens is 7. The van der Waals surface area contributed by atoms with Gasteiger partial charge in [-0.05, 0) is 117 Å². The number of benzene rings is 5. The van der Waals surface area contributed by atoms with Gasteiger partial charge in [0.2, 0.25) is 12.1 Å². The molecule has 0 bridgehead atoms. The maximum Gasteiger partial charge on any atom is 0.258 e. The molecule has 5 rings (SSSR count). The highest BCUT2D eigenvalue weighted by Gasteiger charge is 2.27. The molecule has 324 valence electrons. The summed E-state index contributed by atoms with van der Waals surface area (Å²) in [6.45, 7) is 3.87. The van der Waals surface area contributed by atoms with Gasteiger partial charge in [-0.2, -0.15) is 20.5 Å². The summed E-state index contributed by atoms with van der Waals surface area (Å²) < 4.78 is 0. The number of rotatable bonds is 15. The van der Waals surface area contributed by atoms with Crippen LogP contribution in [0, 0.1) is 0 Å². The molecular formula is C42H31Cl7N8O6. The number of anilines is 4. The normalized spacial score (nSPS) is 12.7. The van der Waals surface area contributed by atoms with Crippen LogP contribution in [0.2, 0.25) is 30.1 Å². The molecule has 5 aromatic rings. The molecule has 0 aliphatic rings. The van der Waals surface area contributed by atoms with E-state index in [2.05, 4.69) is 41.7 Å². The van der Waals surface area contributed by atoms with Crippen molar-refractivity contribution in [1.82, 2.24) is 0 Å². The van der Waals surface area contributed by atoms with Crippen molar-refractivity contribution in [2.24, 2.45) is 20.5 Å². The molecule has 0 aliphatic carbocycles. The van der Waals surface area contributed by atoms with E-state index in [1.165, 1.54) is 91.0 Å². The molecule has 21 heteroatoms. The third-order valence-corrected chi connectivity index (χ3v) is 10.2. The Morgan fingerprint density at radius 3 is 1.30 bits per heavy atom. The van der Waals surface area contributed by atoms with E-state index >= 15 is 0 Å². The van der Waals surface area contributed by atoms with Crippen LogP contribution in [-0.4, -0.2) is 47.3 Å². The van der Waals surface area contributed by atoms with Crippen molar-refractivity contribution in [3.05, 3.63) is 138 Å². The maximum absolute atomic E-state index is 13.5. The van der Waals surface area contributed by atoms with Crippen molar-refractivity contribution >= 4 is 151 Å². The van der Waals surface area contributed by atoms with Crippen LogP contribution in [0.1, 0.15) is 52.4 Å². The number of carbonyl (C=O) groups excluding carboxylic acids is 6. The van der Waals surface area contributed by atoms with Crippen LogP contribution in [-0.2, 0) is 19.2 Å². The zero-order chi connectivity index (χ0) is 46.1. The number of carbonyl (C=O) groups is 6. The molecule has 0 heterocycles. The number of amides is 4. The number of hydrogen-bond acceptors (Lipinski definition) is 10. The molecule has 14 nitrogen and oxygen atoms in total. The second-order valence-corrected chi connectivity index (χ2v) is 16.6. The second kappa shape index (κ2) is 21.8. The van der Waals surface area contributed by atoms with Crippen LogP contribution in [0.25, 0.3) is 0 Å². The standard InChI is InChI=1S/C42H31Cl7N8O6/c1-19(43)31-18-28(50-41(62)37(20(2)58)56-54-35-10-22(4-7-32(35)48)39(60)51-29-14-24(44)12-25(45)15-29)6-9-34(31)53-42(63)38(21(3)59)57-55-36-11-23(5-8-33(36)49)40(61)52-30-16-26(46)13-27(47)17-30/h4-19,37-38H,1-3H3,(H,50,62)(H,51,60)(H,52,61)(H,53,63). The minimum absolute atomic E-state index is 0.00529. The first-order chi connectivity index (χ1) is 29.8. The molecule has 0 fully saturated rings. The van der Waals surface area contributed by atoms with E-state index in [-0.39, 0.29) is 43.9 Å². The fourth-order valence-electron chi connectivity index (χ4n) is 5.49. The number of nitrogens with zero attached hydrogens (tertiary/aromatic N) is 4. The lowest BCUT2D eigenvalue weighted by molar-refractivity contribution is -0.127. The van der Waals surface area contributed by atoms with Crippen molar-refractivity contribution in [2.45, 2.75) is 38.2 Å². The Hall–Kier alpha value is -5.45. The molecule has 4 amide bonds. The van der Waals surface area contributed by atoms with Gasteiger partial charge in [0.15, 0.2) is 11.6 Å². The molecule has 0 aromatic heterocycles. The van der Waals surface area contributed by atoms with Gasteiger partial charge in [0.1, 0.15) is 11.4 Å². The largest absolute Gasteiger partial charge is 0.324 e. The summed E-state index contributed by atoms with van der Waals surface area (Å²) >= 11 is 43.2. The number of hydrogen-bond donors (Lipinski definition) is 4. The van der Waals surface area contributed by atoms with Crippen LogP contribution >= 0.6 is 81.2 Å². The number of ketones is 2. The lowest BCUT2D eigenvalue weighted by Gasteiger charge is -2.17. The van der Waals surface area contributed by atoms with Gasteiger partial charge in [-0.3, -0.25) is 28.8 Å². The molecule has 5 aromatic carbocycles. The van der Waals surface area contributed by atoms with E-state index in [1.54, 1.807) is 6.92 Å². The summed E-state index contributed by atoms with van der Waals surface area (Å²) in [7, 11) is 0. The first-order valence-electron chi connectivity index (χ1n) is 18.1. The van der Waals surface area contributed by atoms with E-state index in [0.29, 0.717) is 37.0 Å². The van der Waals surface area contributed by atoms with Crippen molar-refractivity contribution < 1.29 is 28.8 Å². The molecule has 3 unspecified atom stereocenters. The summed E-state index contributed by atoms with van der Waals surface area (Å²) in [6.07, 6.45) is 0. The zero-order valence-electron chi connectivity index (χ0n) is 32.8. The molecule has 0 spiro atoms. The molecule has 0 saturated heterocycles. The van der Waals surface area contributed by atoms with E-state index in [1.807, 2.05) is 0 Å². The van der Waals surface area contributed by atoms with Crippen molar-refractivity contribution in [2.75, 3.05) is 21.3 Å². The van der Waals surface area contributed by atoms with Crippen molar-refractivity contribution in [3.63, 3.8) is 0 Å². The minimum Gasteiger partial charge on any atom is -0.324 e. The van der Waals surface area contributed by atoms with Gasteiger partial charge in [-0.1, -0.05) is 69.6 Å². The first kappa shape index (κ1) is 48.6. The van der Waals surface area contributed by atoms with Gasteiger partial charge in [0.05, 0.1) is 15.4 Å². The number of azo groups is 2. The Morgan fingerprint density at radius 2 is 0.905 bits per heavy atom.